The first-order valence-corrected chi connectivity index (χ1v) is 7.29. The summed E-state index contributed by atoms with van der Waals surface area (Å²) in [4.78, 5) is 12.8. The van der Waals surface area contributed by atoms with E-state index in [2.05, 4.69) is 37.1 Å². The van der Waals surface area contributed by atoms with Crippen LogP contribution >= 0.6 is 0 Å². The fourth-order valence-electron chi connectivity index (χ4n) is 3.45. The van der Waals surface area contributed by atoms with E-state index in [1.54, 1.807) is 4.52 Å². The summed E-state index contributed by atoms with van der Waals surface area (Å²) < 4.78 is 1.58. The first kappa shape index (κ1) is 12.3. The van der Waals surface area contributed by atoms with Crippen molar-refractivity contribution in [3.63, 3.8) is 0 Å². The van der Waals surface area contributed by atoms with Crippen LogP contribution in [-0.2, 0) is 6.42 Å². The molecule has 2 aromatic carbocycles. The van der Waals surface area contributed by atoms with Gasteiger partial charge in [0.1, 0.15) is 0 Å². The van der Waals surface area contributed by atoms with Crippen molar-refractivity contribution >= 4 is 27.1 Å². The van der Waals surface area contributed by atoms with Crippen LogP contribution in [0.15, 0.2) is 35.1 Å². The maximum atomic E-state index is 12.8. The normalized spacial score (nSPS) is 12.0. The minimum atomic E-state index is -0.0171. The fourth-order valence-corrected chi connectivity index (χ4v) is 3.45. The van der Waals surface area contributed by atoms with E-state index >= 15 is 0 Å². The minimum absolute atomic E-state index is 0.0171. The molecule has 3 heteroatoms. The Labute approximate surface area is 122 Å². The van der Waals surface area contributed by atoms with Gasteiger partial charge in [0.25, 0.3) is 5.56 Å². The largest absolute Gasteiger partial charge is 0.279 e. The molecule has 2 aromatic heterocycles. The Balaban J connectivity index is 2.46. The highest BCUT2D eigenvalue weighted by atomic mass is 16.1. The standard InChI is InChI=1S/C18H16N2O/c1-4-12-11(3)19-20-17(12)14-9-8-10(2)13-6-5-7-15(16(13)14)18(20)21/h5-9H,4H2,1-3H3. The highest BCUT2D eigenvalue weighted by Crippen LogP contribution is 2.32. The molecular weight excluding hydrogens is 260 g/mol. The number of hydrogen-bond acceptors (Lipinski definition) is 2. The van der Waals surface area contributed by atoms with E-state index in [0.29, 0.717) is 0 Å². The number of aromatic nitrogens is 2. The van der Waals surface area contributed by atoms with E-state index in [4.69, 9.17) is 0 Å². The third-order valence-corrected chi connectivity index (χ3v) is 4.47. The van der Waals surface area contributed by atoms with Gasteiger partial charge in [-0.05, 0) is 37.3 Å². The second-order valence-corrected chi connectivity index (χ2v) is 5.64. The van der Waals surface area contributed by atoms with Crippen LogP contribution in [0.5, 0.6) is 0 Å². The van der Waals surface area contributed by atoms with Gasteiger partial charge < -0.3 is 0 Å². The summed E-state index contributed by atoms with van der Waals surface area (Å²) in [6, 6.07) is 10.2. The van der Waals surface area contributed by atoms with Crippen molar-refractivity contribution in [2.45, 2.75) is 27.2 Å². The van der Waals surface area contributed by atoms with E-state index < -0.39 is 0 Å². The quantitative estimate of drug-likeness (QED) is 0.532. The van der Waals surface area contributed by atoms with Crippen molar-refractivity contribution < 1.29 is 0 Å². The van der Waals surface area contributed by atoms with Crippen LogP contribution in [0.3, 0.4) is 0 Å². The van der Waals surface area contributed by atoms with Gasteiger partial charge in [0, 0.05) is 16.3 Å². The molecule has 0 bridgehead atoms. The molecule has 4 rings (SSSR count). The van der Waals surface area contributed by atoms with Crippen molar-refractivity contribution in [1.82, 2.24) is 9.61 Å². The number of fused-ring (bicyclic) bond motifs is 2. The van der Waals surface area contributed by atoms with E-state index in [1.807, 2.05) is 19.1 Å². The highest BCUT2D eigenvalue weighted by Gasteiger charge is 2.17. The lowest BCUT2D eigenvalue weighted by molar-refractivity contribution is 0.909. The number of benzene rings is 2. The zero-order valence-electron chi connectivity index (χ0n) is 12.4. The molecule has 4 aromatic rings. The molecule has 0 aliphatic rings. The van der Waals surface area contributed by atoms with Gasteiger partial charge in [-0.3, -0.25) is 4.79 Å². The highest BCUT2D eigenvalue weighted by molar-refractivity contribution is 6.16. The Morgan fingerprint density at radius 1 is 1.05 bits per heavy atom. The van der Waals surface area contributed by atoms with Gasteiger partial charge in [0.2, 0.25) is 0 Å². The molecule has 0 unspecified atom stereocenters. The average molecular weight is 276 g/mol. The molecule has 0 amide bonds. The molecule has 0 N–H and O–H groups in total. The lowest BCUT2D eigenvalue weighted by atomic mass is 9.96. The number of pyridine rings is 1. The first-order valence-electron chi connectivity index (χ1n) is 7.29. The van der Waals surface area contributed by atoms with Crippen LogP contribution < -0.4 is 5.56 Å². The van der Waals surface area contributed by atoms with Crippen LogP contribution in [0.25, 0.3) is 27.1 Å². The molecule has 0 aliphatic carbocycles. The van der Waals surface area contributed by atoms with Gasteiger partial charge in [-0.15, -0.1) is 0 Å². The van der Waals surface area contributed by atoms with Crippen molar-refractivity contribution in [3.05, 3.63) is 57.5 Å². The van der Waals surface area contributed by atoms with Gasteiger partial charge in [-0.1, -0.05) is 31.2 Å². The summed E-state index contributed by atoms with van der Waals surface area (Å²) >= 11 is 0. The predicted molar refractivity (Wildman–Crippen MR) is 86.5 cm³/mol. The van der Waals surface area contributed by atoms with E-state index in [9.17, 15) is 4.79 Å². The lowest BCUT2D eigenvalue weighted by Crippen LogP contribution is -2.14. The lowest BCUT2D eigenvalue weighted by Gasteiger charge is -2.09. The summed E-state index contributed by atoms with van der Waals surface area (Å²) in [6.07, 6.45) is 0.881. The second-order valence-electron chi connectivity index (χ2n) is 5.64. The molecule has 0 fully saturated rings. The van der Waals surface area contributed by atoms with Crippen molar-refractivity contribution in [1.29, 1.82) is 0 Å². The average Bonchev–Trinajstić information content (AvgIpc) is 2.83. The number of aryl methyl sites for hydroxylation is 3. The summed E-state index contributed by atoms with van der Waals surface area (Å²) in [5.41, 5.74) is 4.27. The molecular formula is C18H16N2O. The molecule has 0 saturated heterocycles. The van der Waals surface area contributed by atoms with E-state index in [-0.39, 0.29) is 5.56 Å². The Hall–Kier alpha value is -2.42. The Kier molecular flexibility index (Phi) is 2.37. The molecule has 0 aliphatic heterocycles. The van der Waals surface area contributed by atoms with Crippen molar-refractivity contribution in [2.75, 3.05) is 0 Å². The van der Waals surface area contributed by atoms with Crippen LogP contribution in [0, 0.1) is 13.8 Å². The predicted octanol–water partition coefficient (Wildman–Crippen LogP) is 3.62. The maximum Gasteiger partial charge on any atom is 0.279 e. The Morgan fingerprint density at radius 2 is 1.81 bits per heavy atom. The van der Waals surface area contributed by atoms with Gasteiger partial charge in [-0.25, -0.2) is 0 Å². The summed E-state index contributed by atoms with van der Waals surface area (Å²) in [7, 11) is 0. The molecule has 0 atom stereocenters. The second kappa shape index (κ2) is 4.04. The van der Waals surface area contributed by atoms with Crippen LogP contribution in [-0.4, -0.2) is 9.61 Å². The third kappa shape index (κ3) is 1.43. The number of hydrogen-bond donors (Lipinski definition) is 0. The summed E-state index contributed by atoms with van der Waals surface area (Å²) in [6.45, 7) is 6.18. The van der Waals surface area contributed by atoms with Crippen molar-refractivity contribution in [2.24, 2.45) is 0 Å². The van der Waals surface area contributed by atoms with Gasteiger partial charge in [-0.2, -0.15) is 9.61 Å². The topological polar surface area (TPSA) is 34.4 Å². The van der Waals surface area contributed by atoms with E-state index in [1.165, 1.54) is 11.1 Å². The van der Waals surface area contributed by atoms with Crippen LogP contribution in [0.2, 0.25) is 0 Å². The Bertz CT molecular complexity index is 1060. The van der Waals surface area contributed by atoms with Gasteiger partial charge >= 0.3 is 0 Å². The smallest absolute Gasteiger partial charge is 0.267 e. The SMILES string of the molecule is CCc1c(C)nn2c(=O)c3cccc4c(C)ccc(c43)c12. The summed E-state index contributed by atoms with van der Waals surface area (Å²) in [5.74, 6) is 0. The molecule has 21 heavy (non-hydrogen) atoms. The van der Waals surface area contributed by atoms with Crippen LogP contribution in [0.4, 0.5) is 0 Å². The monoisotopic (exact) mass is 276 g/mol. The number of nitrogens with zero attached hydrogens (tertiary/aromatic N) is 2. The Morgan fingerprint density at radius 3 is 2.57 bits per heavy atom. The maximum absolute atomic E-state index is 12.8. The summed E-state index contributed by atoms with van der Waals surface area (Å²) in [5, 5.41) is 8.59. The fraction of sp³-hybridized carbons (Fsp3) is 0.222. The number of rotatable bonds is 1. The third-order valence-electron chi connectivity index (χ3n) is 4.47. The molecule has 0 radical (unpaired) electrons. The minimum Gasteiger partial charge on any atom is -0.267 e. The van der Waals surface area contributed by atoms with Gasteiger partial charge in [0.05, 0.1) is 16.6 Å². The van der Waals surface area contributed by atoms with Gasteiger partial charge in [0.15, 0.2) is 0 Å². The van der Waals surface area contributed by atoms with Crippen molar-refractivity contribution in [3.8, 4) is 0 Å². The molecule has 0 saturated carbocycles. The molecule has 2 heterocycles. The molecule has 104 valence electrons. The zero-order valence-corrected chi connectivity index (χ0v) is 12.4. The zero-order chi connectivity index (χ0) is 14.7. The van der Waals surface area contributed by atoms with E-state index in [0.717, 1.165) is 39.2 Å². The first-order chi connectivity index (χ1) is 10.1. The molecule has 0 spiro atoms. The van der Waals surface area contributed by atoms with Crippen LogP contribution in [0.1, 0.15) is 23.7 Å². The molecule has 3 nitrogen and oxygen atoms in total.